The van der Waals surface area contributed by atoms with Crippen molar-refractivity contribution in [2.24, 2.45) is 5.73 Å². The lowest BCUT2D eigenvalue weighted by Crippen LogP contribution is -2.53. The Hall–Kier alpha value is -0.0800. The van der Waals surface area contributed by atoms with Crippen molar-refractivity contribution in [3.63, 3.8) is 0 Å². The number of hydrogen-bond donors (Lipinski definition) is 1. The average molecular weight is 240 g/mol. The quantitative estimate of drug-likeness (QED) is 0.657. The van der Waals surface area contributed by atoms with Crippen molar-refractivity contribution in [2.45, 2.75) is 83.2 Å². The summed E-state index contributed by atoms with van der Waals surface area (Å²) in [5.41, 5.74) is 6.27. The van der Waals surface area contributed by atoms with Crippen LogP contribution in [0.1, 0.15) is 71.6 Å². The molecule has 102 valence electrons. The highest BCUT2D eigenvalue weighted by atomic mass is 15.2. The first kappa shape index (κ1) is 15.0. The number of nitrogens with zero attached hydrogens (tertiary/aromatic N) is 1. The maximum absolute atomic E-state index is 6.05. The van der Waals surface area contributed by atoms with Crippen LogP contribution in [-0.4, -0.2) is 30.1 Å². The van der Waals surface area contributed by atoms with E-state index in [-0.39, 0.29) is 5.54 Å². The fourth-order valence-corrected chi connectivity index (χ4v) is 3.09. The summed E-state index contributed by atoms with van der Waals surface area (Å²) in [4.78, 5) is 2.59. The molecule has 17 heavy (non-hydrogen) atoms. The zero-order chi connectivity index (χ0) is 12.7. The molecule has 1 saturated carbocycles. The lowest BCUT2D eigenvalue weighted by atomic mass is 9.90. The maximum atomic E-state index is 6.05. The number of likely N-dealkylation sites (N-methyl/N-ethyl adjacent to an activating group) is 1. The van der Waals surface area contributed by atoms with Crippen LogP contribution in [0.15, 0.2) is 0 Å². The van der Waals surface area contributed by atoms with Crippen molar-refractivity contribution in [1.82, 2.24) is 4.90 Å². The van der Waals surface area contributed by atoms with Gasteiger partial charge in [0, 0.05) is 18.1 Å². The van der Waals surface area contributed by atoms with Gasteiger partial charge in [0.2, 0.25) is 0 Å². The monoisotopic (exact) mass is 240 g/mol. The molecular formula is C15H32N2. The van der Waals surface area contributed by atoms with Gasteiger partial charge >= 0.3 is 0 Å². The minimum absolute atomic E-state index is 0.225. The largest absolute Gasteiger partial charge is 0.329 e. The van der Waals surface area contributed by atoms with Crippen molar-refractivity contribution in [2.75, 3.05) is 13.6 Å². The Morgan fingerprint density at radius 2 is 1.82 bits per heavy atom. The molecule has 1 unspecified atom stereocenters. The summed E-state index contributed by atoms with van der Waals surface area (Å²) in [5.74, 6) is 0. The highest BCUT2D eigenvalue weighted by Crippen LogP contribution is 2.30. The van der Waals surface area contributed by atoms with Gasteiger partial charge in [0.1, 0.15) is 0 Å². The van der Waals surface area contributed by atoms with E-state index in [2.05, 4.69) is 25.8 Å². The molecule has 1 fully saturated rings. The smallest absolute Gasteiger partial charge is 0.0303 e. The molecule has 0 heterocycles. The van der Waals surface area contributed by atoms with Gasteiger partial charge in [-0.25, -0.2) is 0 Å². The molecule has 2 N–H and O–H groups in total. The van der Waals surface area contributed by atoms with E-state index < -0.39 is 0 Å². The minimum atomic E-state index is 0.225. The van der Waals surface area contributed by atoms with E-state index in [1.54, 1.807) is 0 Å². The predicted octanol–water partition coefficient (Wildman–Crippen LogP) is 3.55. The summed E-state index contributed by atoms with van der Waals surface area (Å²) in [6, 6.07) is 0.787. The molecule has 0 aromatic rings. The lowest BCUT2D eigenvalue weighted by molar-refractivity contribution is 0.0838. The SMILES string of the molecule is CCCCCCC(C)(CN)N(C)C1CCCC1. The van der Waals surface area contributed by atoms with Crippen molar-refractivity contribution >= 4 is 0 Å². The molecule has 2 heteroatoms. The van der Waals surface area contributed by atoms with Gasteiger partial charge in [-0.15, -0.1) is 0 Å². The molecule has 1 aliphatic carbocycles. The number of hydrogen-bond acceptors (Lipinski definition) is 2. The van der Waals surface area contributed by atoms with Crippen molar-refractivity contribution in [3.05, 3.63) is 0 Å². The van der Waals surface area contributed by atoms with E-state index in [0.29, 0.717) is 0 Å². The van der Waals surface area contributed by atoms with Gasteiger partial charge < -0.3 is 5.73 Å². The molecule has 1 aliphatic rings. The number of rotatable bonds is 8. The van der Waals surface area contributed by atoms with Crippen LogP contribution in [-0.2, 0) is 0 Å². The highest BCUT2D eigenvalue weighted by molar-refractivity contribution is 4.90. The van der Waals surface area contributed by atoms with Gasteiger partial charge in [0.25, 0.3) is 0 Å². The third kappa shape index (κ3) is 4.26. The lowest BCUT2D eigenvalue weighted by Gasteiger charge is -2.42. The Morgan fingerprint density at radius 3 is 2.35 bits per heavy atom. The third-order valence-electron chi connectivity index (χ3n) is 4.73. The van der Waals surface area contributed by atoms with E-state index in [4.69, 9.17) is 5.73 Å². The van der Waals surface area contributed by atoms with E-state index >= 15 is 0 Å². The Kier molecular flexibility index (Phi) is 6.50. The first-order valence-electron chi connectivity index (χ1n) is 7.57. The van der Waals surface area contributed by atoms with Crippen LogP contribution in [0.2, 0.25) is 0 Å². The second kappa shape index (κ2) is 7.38. The van der Waals surface area contributed by atoms with Crippen LogP contribution in [0.5, 0.6) is 0 Å². The van der Waals surface area contributed by atoms with Crippen molar-refractivity contribution in [3.8, 4) is 0 Å². The molecule has 2 nitrogen and oxygen atoms in total. The van der Waals surface area contributed by atoms with Gasteiger partial charge in [0.15, 0.2) is 0 Å². The first-order chi connectivity index (χ1) is 8.14. The molecule has 1 atom stereocenters. The molecule has 0 radical (unpaired) electrons. The summed E-state index contributed by atoms with van der Waals surface area (Å²) in [7, 11) is 2.29. The average Bonchev–Trinajstić information content (AvgIpc) is 2.87. The third-order valence-corrected chi connectivity index (χ3v) is 4.73. The van der Waals surface area contributed by atoms with Crippen molar-refractivity contribution < 1.29 is 0 Å². The second-order valence-corrected chi connectivity index (χ2v) is 6.06. The van der Waals surface area contributed by atoms with Gasteiger partial charge in [-0.2, -0.15) is 0 Å². The molecular weight excluding hydrogens is 208 g/mol. The second-order valence-electron chi connectivity index (χ2n) is 6.06. The number of unbranched alkanes of at least 4 members (excludes halogenated alkanes) is 3. The molecule has 0 saturated heterocycles. The topological polar surface area (TPSA) is 29.3 Å². The fourth-order valence-electron chi connectivity index (χ4n) is 3.09. The van der Waals surface area contributed by atoms with Gasteiger partial charge in [-0.05, 0) is 33.2 Å². The minimum Gasteiger partial charge on any atom is -0.329 e. The highest BCUT2D eigenvalue weighted by Gasteiger charge is 2.33. The summed E-state index contributed by atoms with van der Waals surface area (Å²) in [6.45, 7) is 5.43. The van der Waals surface area contributed by atoms with Gasteiger partial charge in [-0.1, -0.05) is 45.4 Å². The standard InChI is InChI=1S/C15H32N2/c1-4-5-6-9-12-15(2,13-16)17(3)14-10-7-8-11-14/h14H,4-13,16H2,1-3H3. The van der Waals surface area contributed by atoms with Crippen LogP contribution in [0, 0.1) is 0 Å². The zero-order valence-corrected chi connectivity index (χ0v) is 12.2. The first-order valence-corrected chi connectivity index (χ1v) is 7.57. The summed E-state index contributed by atoms with van der Waals surface area (Å²) in [6.07, 6.45) is 12.2. The molecule has 0 aromatic heterocycles. The predicted molar refractivity (Wildman–Crippen MR) is 76.2 cm³/mol. The number of nitrogens with two attached hydrogens (primary N) is 1. The molecule has 0 aliphatic heterocycles. The summed E-state index contributed by atoms with van der Waals surface area (Å²) >= 11 is 0. The van der Waals surface area contributed by atoms with Crippen molar-refractivity contribution in [1.29, 1.82) is 0 Å². The van der Waals surface area contributed by atoms with Crippen LogP contribution in [0.4, 0.5) is 0 Å². The molecule has 0 bridgehead atoms. The molecule has 0 spiro atoms. The van der Waals surface area contributed by atoms with E-state index in [0.717, 1.165) is 12.6 Å². The Bertz CT molecular complexity index is 199. The van der Waals surface area contributed by atoms with Crippen LogP contribution in [0.25, 0.3) is 0 Å². The Morgan fingerprint density at radius 1 is 1.18 bits per heavy atom. The van der Waals surface area contributed by atoms with Crippen LogP contribution < -0.4 is 5.73 Å². The Balaban J connectivity index is 2.41. The summed E-state index contributed by atoms with van der Waals surface area (Å²) < 4.78 is 0. The van der Waals surface area contributed by atoms with Crippen LogP contribution in [0.3, 0.4) is 0 Å². The molecule has 1 rings (SSSR count). The van der Waals surface area contributed by atoms with E-state index in [1.807, 2.05) is 0 Å². The normalized spacial score (nSPS) is 21.0. The van der Waals surface area contributed by atoms with Gasteiger partial charge in [-0.3, -0.25) is 4.90 Å². The van der Waals surface area contributed by atoms with Gasteiger partial charge in [0.05, 0.1) is 0 Å². The maximum Gasteiger partial charge on any atom is 0.0303 e. The Labute approximate surface area is 108 Å². The molecule has 0 aromatic carbocycles. The molecule has 0 amide bonds. The zero-order valence-electron chi connectivity index (χ0n) is 12.2. The summed E-state index contributed by atoms with van der Waals surface area (Å²) in [5, 5.41) is 0. The van der Waals surface area contributed by atoms with E-state index in [9.17, 15) is 0 Å². The van der Waals surface area contributed by atoms with E-state index in [1.165, 1.54) is 57.8 Å². The van der Waals surface area contributed by atoms with Crippen LogP contribution >= 0.6 is 0 Å². The fraction of sp³-hybridized carbons (Fsp3) is 1.00.